The monoisotopic (exact) mass is 972 g/mol. The van der Waals surface area contributed by atoms with Crippen molar-refractivity contribution in [1.29, 1.82) is 0 Å². The molecule has 0 spiro atoms. The number of imide groups is 2. The number of ether oxygens (including phenoxy) is 4. The van der Waals surface area contributed by atoms with Gasteiger partial charge in [-0.05, 0) is 57.1 Å². The van der Waals surface area contributed by atoms with Crippen LogP contribution in [0.2, 0.25) is 0 Å². The molecule has 1 aromatic carbocycles. The van der Waals surface area contributed by atoms with Crippen molar-refractivity contribution < 1.29 is 76.5 Å². The summed E-state index contributed by atoms with van der Waals surface area (Å²) >= 11 is 0. The lowest BCUT2D eigenvalue weighted by atomic mass is 10.0. The van der Waals surface area contributed by atoms with E-state index in [4.69, 9.17) is 19.9 Å². The number of carbonyl (C=O) groups excluding carboxylic acids is 12. The molecule has 5 atom stereocenters. The van der Waals surface area contributed by atoms with E-state index in [2.05, 4.69) is 36.6 Å². The second kappa shape index (κ2) is 29.0. The highest BCUT2D eigenvalue weighted by Crippen LogP contribution is 2.32. The largest absolute Gasteiger partial charge is 0.468 e. The van der Waals surface area contributed by atoms with Crippen molar-refractivity contribution >= 4 is 76.8 Å². The molecule has 1 fully saturated rings. The first-order chi connectivity index (χ1) is 32.9. The Morgan fingerprint density at radius 1 is 0.623 bits per heavy atom. The summed E-state index contributed by atoms with van der Waals surface area (Å²) in [6.45, 7) is 0.933. The van der Waals surface area contributed by atoms with E-state index >= 15 is 0 Å². The van der Waals surface area contributed by atoms with E-state index in [1.54, 1.807) is 18.2 Å². The first-order valence-electron chi connectivity index (χ1n) is 22.8. The van der Waals surface area contributed by atoms with Crippen LogP contribution in [0.3, 0.4) is 0 Å². The van der Waals surface area contributed by atoms with Crippen LogP contribution in [-0.4, -0.2) is 148 Å². The molecule has 1 saturated heterocycles. The number of hydrogen-bond acceptors (Lipinski definition) is 18. The molecule has 380 valence electrons. The number of amides is 8. The first kappa shape index (κ1) is 56.3. The normalized spacial score (nSPS) is 15.8. The molecule has 0 radical (unpaired) electrons. The molecule has 3 rings (SSSR count). The fourth-order valence-corrected chi connectivity index (χ4v) is 7.51. The van der Waals surface area contributed by atoms with Gasteiger partial charge in [0.05, 0.1) is 39.6 Å². The van der Waals surface area contributed by atoms with Crippen molar-refractivity contribution in [2.24, 2.45) is 5.73 Å². The Hall–Kier alpha value is -6.98. The lowest BCUT2D eigenvalue weighted by molar-refractivity contribution is -0.147. The summed E-state index contributed by atoms with van der Waals surface area (Å²) < 4.78 is 18.8. The Bertz CT molecular complexity index is 2060. The third-order valence-electron chi connectivity index (χ3n) is 11.3. The molecule has 69 heavy (non-hydrogen) atoms. The van der Waals surface area contributed by atoms with Crippen molar-refractivity contribution in [3.8, 4) is 0 Å². The van der Waals surface area contributed by atoms with E-state index in [1.165, 1.54) is 0 Å². The number of methoxy groups -OCH3 is 4. The van der Waals surface area contributed by atoms with Crippen LogP contribution in [0.25, 0.3) is 0 Å². The number of anilines is 1. The zero-order valence-electron chi connectivity index (χ0n) is 39.4. The number of carbonyl (C=O) groups is 12. The molecule has 2 aliphatic rings. The first-order valence-corrected chi connectivity index (χ1v) is 22.8. The van der Waals surface area contributed by atoms with Gasteiger partial charge in [-0.3, -0.25) is 53.4 Å². The highest BCUT2D eigenvalue weighted by atomic mass is 16.5. The average molecular weight is 973 g/mol. The Labute approximate surface area is 398 Å². The van der Waals surface area contributed by atoms with Gasteiger partial charge in [-0.1, -0.05) is 31.7 Å². The number of nitrogens with zero attached hydrogens (tertiary/aromatic N) is 1. The molecule has 0 aliphatic carbocycles. The molecule has 0 bridgehead atoms. The number of rotatable bonds is 30. The zero-order chi connectivity index (χ0) is 51.0. The third-order valence-corrected chi connectivity index (χ3v) is 11.3. The SMILES string of the molecule is COC(=O)[C@H](CCC(=O)NCCCCCCCCNc1cccc2c1C(=O)N(C1CCC(=O)NC1=O)C2=O)NC(=O)CC[C@H](NC(=O)CC[C@H](NC(=O)CC[C@H](N)C(=O)OC)C(=O)OC)C(=O)OC. The fraction of sp³-hybridized carbons (Fsp3) is 0.600. The van der Waals surface area contributed by atoms with Gasteiger partial charge >= 0.3 is 23.9 Å². The number of nitrogens with two attached hydrogens (primary N) is 1. The second-order valence-corrected chi connectivity index (χ2v) is 16.3. The molecule has 1 aromatic rings. The lowest BCUT2D eigenvalue weighted by Crippen LogP contribution is -2.54. The molecule has 24 nitrogen and oxygen atoms in total. The van der Waals surface area contributed by atoms with Crippen molar-refractivity contribution in [2.75, 3.05) is 46.8 Å². The van der Waals surface area contributed by atoms with E-state index in [0.29, 0.717) is 25.2 Å². The number of unbranched alkanes of at least 4 members (excludes halogenated alkanes) is 5. The molecular weight excluding hydrogens is 909 g/mol. The molecule has 24 heteroatoms. The van der Waals surface area contributed by atoms with Crippen LogP contribution < -0.4 is 37.6 Å². The molecule has 2 heterocycles. The van der Waals surface area contributed by atoms with Crippen LogP contribution in [0.4, 0.5) is 5.69 Å². The van der Waals surface area contributed by atoms with Crippen molar-refractivity contribution in [3.63, 3.8) is 0 Å². The summed E-state index contributed by atoms with van der Waals surface area (Å²) in [5, 5.41) is 15.6. The highest BCUT2D eigenvalue weighted by molar-refractivity contribution is 6.25. The number of piperidine rings is 1. The van der Waals surface area contributed by atoms with Gasteiger partial charge in [-0.25, -0.2) is 14.4 Å². The van der Waals surface area contributed by atoms with Gasteiger partial charge < -0.3 is 51.3 Å². The minimum Gasteiger partial charge on any atom is -0.468 e. The third kappa shape index (κ3) is 17.9. The standard InChI is InChI=1S/C45H64N8O16/c1-66-42(62)27(46)14-19-34(55)49-30(44(64)68-3)16-21-36(57)51-31(45(65)69-4)17-22-35(56)50-29(43(63)67-2)15-20-33(54)48-25-10-8-6-5-7-9-24-47-28-13-11-12-26-38(28)41(61)53(40(26)60)32-18-23-37(58)52-39(32)59/h11-13,27,29-32,47H,5-10,14-25,46H2,1-4H3,(H,48,54)(H,49,55)(H,50,56)(H,51,57)(H,52,58,59)/t27-,29-,30-,31-,32?/m0/s1. The van der Waals surface area contributed by atoms with E-state index in [-0.39, 0.29) is 81.2 Å². The molecular formula is C45H64N8O16. The maximum Gasteiger partial charge on any atom is 0.328 e. The molecule has 1 unspecified atom stereocenters. The van der Waals surface area contributed by atoms with Crippen LogP contribution in [0.15, 0.2) is 18.2 Å². The fourth-order valence-electron chi connectivity index (χ4n) is 7.51. The summed E-state index contributed by atoms with van der Waals surface area (Å²) in [5.41, 5.74) is 6.55. The summed E-state index contributed by atoms with van der Waals surface area (Å²) in [6.07, 6.45) is 3.43. The number of nitrogens with one attached hydrogen (secondary N) is 6. The minimum atomic E-state index is -1.30. The Morgan fingerprint density at radius 2 is 1.09 bits per heavy atom. The number of fused-ring (bicyclic) bond motifs is 1. The topological polar surface area (TPSA) is 343 Å². The Balaban J connectivity index is 1.33. The zero-order valence-corrected chi connectivity index (χ0v) is 39.4. The Kier molecular flexibility index (Phi) is 23.7. The number of esters is 4. The van der Waals surface area contributed by atoms with E-state index in [9.17, 15) is 57.5 Å². The van der Waals surface area contributed by atoms with E-state index < -0.39 is 95.4 Å². The van der Waals surface area contributed by atoms with Gasteiger partial charge in [-0.15, -0.1) is 0 Å². The quantitative estimate of drug-likeness (QED) is 0.0222. The molecule has 2 aliphatic heterocycles. The highest BCUT2D eigenvalue weighted by Gasteiger charge is 2.45. The summed E-state index contributed by atoms with van der Waals surface area (Å²) in [6, 6.07) is -0.933. The summed E-state index contributed by atoms with van der Waals surface area (Å²) in [7, 11) is 4.43. The van der Waals surface area contributed by atoms with Gasteiger partial charge in [0.2, 0.25) is 35.4 Å². The predicted octanol–water partition coefficient (Wildman–Crippen LogP) is -0.449. The van der Waals surface area contributed by atoms with Gasteiger partial charge in [0.1, 0.15) is 30.2 Å². The second-order valence-electron chi connectivity index (χ2n) is 16.3. The maximum absolute atomic E-state index is 13.3. The van der Waals surface area contributed by atoms with E-state index in [1.807, 2.05) is 0 Å². The van der Waals surface area contributed by atoms with Gasteiger partial charge in [0.15, 0.2) is 0 Å². The maximum atomic E-state index is 13.3. The minimum absolute atomic E-state index is 0.0350. The molecule has 8 amide bonds. The Morgan fingerprint density at radius 3 is 1.58 bits per heavy atom. The van der Waals surface area contributed by atoms with Crippen LogP contribution >= 0.6 is 0 Å². The molecule has 8 N–H and O–H groups in total. The van der Waals surface area contributed by atoms with Crippen LogP contribution in [0, 0.1) is 0 Å². The summed E-state index contributed by atoms with van der Waals surface area (Å²) in [4.78, 5) is 151. The van der Waals surface area contributed by atoms with Crippen molar-refractivity contribution in [3.05, 3.63) is 29.3 Å². The molecule has 0 aromatic heterocycles. The van der Waals surface area contributed by atoms with Crippen molar-refractivity contribution in [2.45, 2.75) is 133 Å². The molecule has 0 saturated carbocycles. The van der Waals surface area contributed by atoms with Gasteiger partial charge in [-0.2, -0.15) is 0 Å². The van der Waals surface area contributed by atoms with Crippen LogP contribution in [-0.2, 0) is 66.9 Å². The number of benzene rings is 1. The van der Waals surface area contributed by atoms with E-state index in [0.717, 1.165) is 65.4 Å². The van der Waals surface area contributed by atoms with Crippen molar-refractivity contribution in [1.82, 2.24) is 31.5 Å². The van der Waals surface area contributed by atoms with Gasteiger partial charge in [0.25, 0.3) is 11.8 Å². The van der Waals surface area contributed by atoms with Crippen LogP contribution in [0.5, 0.6) is 0 Å². The van der Waals surface area contributed by atoms with Crippen LogP contribution in [0.1, 0.15) is 123 Å². The smallest absolute Gasteiger partial charge is 0.328 e. The number of hydrogen-bond donors (Lipinski definition) is 7. The van der Waals surface area contributed by atoms with Gasteiger partial charge in [0, 0.05) is 50.9 Å². The summed E-state index contributed by atoms with van der Waals surface area (Å²) in [5.74, 6) is -7.88. The lowest BCUT2D eigenvalue weighted by Gasteiger charge is -2.27. The average Bonchev–Trinajstić information content (AvgIpc) is 3.59. The predicted molar refractivity (Wildman–Crippen MR) is 241 cm³/mol.